The summed E-state index contributed by atoms with van der Waals surface area (Å²) in [5.74, 6) is -0.143. The zero-order valence-corrected chi connectivity index (χ0v) is 11.4. The maximum absolute atomic E-state index is 13.6. The Hall–Kier alpha value is -0.940. The predicted molar refractivity (Wildman–Crippen MR) is 71.7 cm³/mol. The maximum atomic E-state index is 13.6. The van der Waals surface area contributed by atoms with Crippen molar-refractivity contribution in [3.63, 3.8) is 0 Å². The SMILES string of the molecule is CCOc1cc(SC2CCOC2C)c(N)cc1F. The molecule has 0 bridgehead atoms. The van der Waals surface area contributed by atoms with E-state index in [0.717, 1.165) is 17.9 Å². The Morgan fingerprint density at radius 2 is 2.33 bits per heavy atom. The number of hydrogen-bond donors (Lipinski definition) is 1. The number of nitrogen functional groups attached to an aromatic ring is 1. The molecular weight excluding hydrogens is 253 g/mol. The lowest BCUT2D eigenvalue weighted by molar-refractivity contribution is 0.127. The fraction of sp³-hybridized carbons (Fsp3) is 0.538. The minimum absolute atomic E-state index is 0.204. The molecule has 0 spiro atoms. The van der Waals surface area contributed by atoms with Gasteiger partial charge in [0.15, 0.2) is 11.6 Å². The summed E-state index contributed by atoms with van der Waals surface area (Å²) in [5, 5.41) is 0.368. The topological polar surface area (TPSA) is 44.5 Å². The lowest BCUT2D eigenvalue weighted by atomic mass is 10.2. The zero-order valence-electron chi connectivity index (χ0n) is 10.6. The molecule has 1 aromatic rings. The van der Waals surface area contributed by atoms with Gasteiger partial charge in [0, 0.05) is 28.5 Å². The number of rotatable bonds is 4. The lowest BCUT2D eigenvalue weighted by Crippen LogP contribution is -2.13. The Balaban J connectivity index is 2.18. The second-order valence-electron chi connectivity index (χ2n) is 4.27. The second-order valence-corrected chi connectivity index (χ2v) is 5.56. The van der Waals surface area contributed by atoms with Gasteiger partial charge in [0.2, 0.25) is 0 Å². The largest absolute Gasteiger partial charge is 0.491 e. The normalized spacial score (nSPS) is 23.3. The van der Waals surface area contributed by atoms with Gasteiger partial charge < -0.3 is 15.2 Å². The van der Waals surface area contributed by atoms with Gasteiger partial charge in [-0.25, -0.2) is 4.39 Å². The van der Waals surface area contributed by atoms with Crippen LogP contribution in [-0.4, -0.2) is 24.6 Å². The van der Waals surface area contributed by atoms with Crippen molar-refractivity contribution < 1.29 is 13.9 Å². The zero-order chi connectivity index (χ0) is 13.1. The molecule has 2 rings (SSSR count). The molecular formula is C13H18FNO2S. The van der Waals surface area contributed by atoms with Crippen LogP contribution in [0.25, 0.3) is 0 Å². The van der Waals surface area contributed by atoms with Crippen LogP contribution in [-0.2, 0) is 4.74 Å². The van der Waals surface area contributed by atoms with Crippen molar-refractivity contribution >= 4 is 17.4 Å². The summed E-state index contributed by atoms with van der Waals surface area (Å²) in [6, 6.07) is 3.01. The van der Waals surface area contributed by atoms with E-state index >= 15 is 0 Å². The molecule has 0 radical (unpaired) electrons. The third kappa shape index (κ3) is 2.90. The van der Waals surface area contributed by atoms with Crippen molar-refractivity contribution in [1.82, 2.24) is 0 Å². The summed E-state index contributed by atoms with van der Waals surface area (Å²) < 4.78 is 24.3. The van der Waals surface area contributed by atoms with Crippen molar-refractivity contribution in [3.8, 4) is 5.75 Å². The van der Waals surface area contributed by atoms with Gasteiger partial charge in [-0.15, -0.1) is 11.8 Å². The van der Waals surface area contributed by atoms with Crippen LogP contribution in [0, 0.1) is 5.82 Å². The molecule has 2 unspecified atom stereocenters. The molecule has 1 fully saturated rings. The third-order valence-electron chi connectivity index (χ3n) is 2.95. The highest BCUT2D eigenvalue weighted by Crippen LogP contribution is 2.38. The number of ether oxygens (including phenoxy) is 2. The summed E-state index contributed by atoms with van der Waals surface area (Å²) in [5.41, 5.74) is 6.31. The quantitative estimate of drug-likeness (QED) is 0.855. The minimum Gasteiger partial charge on any atom is -0.491 e. The predicted octanol–water partition coefficient (Wildman–Crippen LogP) is 3.08. The Morgan fingerprint density at radius 1 is 1.56 bits per heavy atom. The van der Waals surface area contributed by atoms with Gasteiger partial charge in [-0.3, -0.25) is 0 Å². The first-order valence-corrected chi connectivity index (χ1v) is 7.00. The molecule has 3 nitrogen and oxygen atoms in total. The minimum atomic E-state index is -0.408. The van der Waals surface area contributed by atoms with Crippen LogP contribution in [0.5, 0.6) is 5.75 Å². The summed E-state index contributed by atoms with van der Waals surface area (Å²) >= 11 is 1.64. The molecule has 1 aliphatic rings. The fourth-order valence-corrected chi connectivity index (χ4v) is 3.13. The average molecular weight is 271 g/mol. The van der Waals surface area contributed by atoms with Crippen LogP contribution < -0.4 is 10.5 Å². The van der Waals surface area contributed by atoms with Gasteiger partial charge >= 0.3 is 0 Å². The standard InChI is InChI=1S/C13H18FNO2S/c1-3-16-11-7-13(10(15)6-9(11)14)18-12-4-5-17-8(12)2/h6-8,12H,3-5,15H2,1-2H3. The molecule has 0 aromatic heterocycles. The van der Waals surface area contributed by atoms with Gasteiger partial charge in [0.1, 0.15) is 0 Å². The van der Waals surface area contributed by atoms with E-state index in [1.807, 2.05) is 13.8 Å². The van der Waals surface area contributed by atoms with E-state index in [0.29, 0.717) is 17.5 Å². The molecule has 1 aliphatic heterocycles. The van der Waals surface area contributed by atoms with Gasteiger partial charge in [-0.2, -0.15) is 0 Å². The van der Waals surface area contributed by atoms with Gasteiger partial charge in [0.25, 0.3) is 0 Å². The molecule has 0 amide bonds. The molecule has 1 aromatic carbocycles. The summed E-state index contributed by atoms with van der Waals surface area (Å²) in [6.45, 7) is 5.09. The van der Waals surface area contributed by atoms with E-state index in [-0.39, 0.29) is 11.9 Å². The first-order valence-electron chi connectivity index (χ1n) is 6.12. The van der Waals surface area contributed by atoms with Crippen molar-refractivity contribution in [3.05, 3.63) is 17.9 Å². The molecule has 100 valence electrons. The molecule has 0 saturated carbocycles. The van der Waals surface area contributed by atoms with Crippen molar-refractivity contribution in [2.75, 3.05) is 18.9 Å². The van der Waals surface area contributed by atoms with Crippen LogP contribution in [0.3, 0.4) is 0 Å². The molecule has 2 atom stereocenters. The van der Waals surface area contributed by atoms with E-state index < -0.39 is 5.82 Å². The molecule has 1 heterocycles. The van der Waals surface area contributed by atoms with Crippen LogP contribution in [0.4, 0.5) is 10.1 Å². The molecule has 2 N–H and O–H groups in total. The highest BCUT2D eigenvalue weighted by Gasteiger charge is 2.26. The van der Waals surface area contributed by atoms with E-state index in [4.69, 9.17) is 15.2 Å². The van der Waals surface area contributed by atoms with Crippen LogP contribution in [0.2, 0.25) is 0 Å². The van der Waals surface area contributed by atoms with E-state index in [2.05, 4.69) is 0 Å². The summed E-state index contributed by atoms with van der Waals surface area (Å²) in [6.07, 6.45) is 1.20. The van der Waals surface area contributed by atoms with Crippen molar-refractivity contribution in [2.45, 2.75) is 36.5 Å². The lowest BCUT2D eigenvalue weighted by Gasteiger charge is -2.16. The van der Waals surface area contributed by atoms with Crippen LogP contribution in [0.15, 0.2) is 17.0 Å². The smallest absolute Gasteiger partial charge is 0.167 e. The van der Waals surface area contributed by atoms with Gasteiger partial charge in [0.05, 0.1) is 12.7 Å². The van der Waals surface area contributed by atoms with Gasteiger partial charge in [-0.1, -0.05) is 0 Å². The maximum Gasteiger partial charge on any atom is 0.167 e. The second kappa shape index (κ2) is 5.80. The Kier molecular flexibility index (Phi) is 4.35. The number of nitrogens with two attached hydrogens (primary N) is 1. The highest BCUT2D eigenvalue weighted by molar-refractivity contribution is 8.00. The number of thioether (sulfide) groups is 1. The number of hydrogen-bond acceptors (Lipinski definition) is 4. The van der Waals surface area contributed by atoms with E-state index in [9.17, 15) is 4.39 Å². The molecule has 1 saturated heterocycles. The Morgan fingerprint density at radius 3 is 2.94 bits per heavy atom. The molecule has 5 heteroatoms. The monoisotopic (exact) mass is 271 g/mol. The number of anilines is 1. The van der Waals surface area contributed by atoms with E-state index in [1.165, 1.54) is 6.07 Å². The molecule has 0 aliphatic carbocycles. The summed E-state index contributed by atoms with van der Waals surface area (Å²) in [4.78, 5) is 0.863. The first-order chi connectivity index (χ1) is 8.61. The van der Waals surface area contributed by atoms with Crippen LogP contribution in [0.1, 0.15) is 20.3 Å². The molecule has 18 heavy (non-hydrogen) atoms. The van der Waals surface area contributed by atoms with Crippen LogP contribution >= 0.6 is 11.8 Å². The first kappa shape index (κ1) is 13.5. The Bertz CT molecular complexity index is 428. The van der Waals surface area contributed by atoms with Gasteiger partial charge in [-0.05, 0) is 26.3 Å². The fourth-order valence-electron chi connectivity index (χ4n) is 1.95. The van der Waals surface area contributed by atoms with Crippen molar-refractivity contribution in [1.29, 1.82) is 0 Å². The highest BCUT2D eigenvalue weighted by atomic mass is 32.2. The Labute approximate surface area is 111 Å². The summed E-state index contributed by atoms with van der Waals surface area (Å²) in [7, 11) is 0. The average Bonchev–Trinajstić information content (AvgIpc) is 2.71. The third-order valence-corrected chi connectivity index (χ3v) is 4.48. The number of benzene rings is 1. The van der Waals surface area contributed by atoms with E-state index in [1.54, 1.807) is 17.8 Å². The van der Waals surface area contributed by atoms with Crippen molar-refractivity contribution in [2.24, 2.45) is 0 Å². The number of halogens is 1.